The van der Waals surface area contributed by atoms with Crippen LogP contribution >= 0.6 is 0 Å². The SMILES string of the molecule is COc1cc(C)c(N)cc1S(=O)(=O)NCC(C)(C)OC. The average molecular weight is 302 g/mol. The predicted molar refractivity (Wildman–Crippen MR) is 78.4 cm³/mol. The van der Waals surface area contributed by atoms with Crippen molar-refractivity contribution in [1.29, 1.82) is 0 Å². The highest BCUT2D eigenvalue weighted by Crippen LogP contribution is 2.28. The molecule has 1 aromatic rings. The zero-order valence-electron chi connectivity index (χ0n) is 12.5. The van der Waals surface area contributed by atoms with E-state index in [-0.39, 0.29) is 17.2 Å². The maximum Gasteiger partial charge on any atom is 0.244 e. The van der Waals surface area contributed by atoms with Crippen molar-refractivity contribution in [3.05, 3.63) is 17.7 Å². The molecule has 0 saturated heterocycles. The number of ether oxygens (including phenoxy) is 2. The first-order valence-corrected chi connectivity index (χ1v) is 7.60. The van der Waals surface area contributed by atoms with Gasteiger partial charge in [0.05, 0.1) is 12.7 Å². The summed E-state index contributed by atoms with van der Waals surface area (Å²) in [5.41, 5.74) is 6.34. The summed E-state index contributed by atoms with van der Waals surface area (Å²) in [5, 5.41) is 0. The summed E-state index contributed by atoms with van der Waals surface area (Å²) in [6, 6.07) is 3.00. The van der Waals surface area contributed by atoms with Crippen molar-refractivity contribution in [3.63, 3.8) is 0 Å². The standard InChI is InChI=1S/C13H22N2O4S/c1-9-6-11(18-4)12(7-10(9)14)20(16,17)15-8-13(2,3)19-5/h6-7,15H,8,14H2,1-5H3. The Hall–Kier alpha value is -1.31. The van der Waals surface area contributed by atoms with Crippen LogP contribution in [0.5, 0.6) is 5.75 Å². The lowest BCUT2D eigenvalue weighted by Gasteiger charge is -2.23. The molecule has 0 saturated carbocycles. The summed E-state index contributed by atoms with van der Waals surface area (Å²) in [4.78, 5) is 0.0232. The third-order valence-corrected chi connectivity index (χ3v) is 4.50. The Balaban J connectivity index is 3.13. The van der Waals surface area contributed by atoms with E-state index in [9.17, 15) is 8.42 Å². The number of nitrogens with one attached hydrogen (secondary N) is 1. The molecule has 0 amide bonds. The van der Waals surface area contributed by atoms with Crippen LogP contribution < -0.4 is 15.2 Å². The van der Waals surface area contributed by atoms with Crippen molar-refractivity contribution in [2.75, 3.05) is 26.5 Å². The number of rotatable bonds is 6. The molecule has 7 heteroatoms. The van der Waals surface area contributed by atoms with Crippen molar-refractivity contribution in [2.45, 2.75) is 31.3 Å². The highest BCUT2D eigenvalue weighted by Gasteiger charge is 2.25. The highest BCUT2D eigenvalue weighted by molar-refractivity contribution is 7.89. The monoisotopic (exact) mass is 302 g/mol. The molecule has 0 fully saturated rings. The Morgan fingerprint density at radius 3 is 2.40 bits per heavy atom. The number of aryl methyl sites for hydroxylation is 1. The minimum absolute atomic E-state index is 0.0232. The molecule has 0 aromatic heterocycles. The Morgan fingerprint density at radius 2 is 1.90 bits per heavy atom. The van der Waals surface area contributed by atoms with Crippen LogP contribution in [0.4, 0.5) is 5.69 Å². The number of nitrogens with two attached hydrogens (primary N) is 1. The van der Waals surface area contributed by atoms with E-state index in [0.717, 1.165) is 5.56 Å². The molecule has 3 N–H and O–H groups in total. The average Bonchev–Trinajstić information content (AvgIpc) is 2.39. The Bertz CT molecular complexity index is 582. The molecule has 0 radical (unpaired) electrons. The fraction of sp³-hybridized carbons (Fsp3) is 0.538. The van der Waals surface area contributed by atoms with Gasteiger partial charge in [0.1, 0.15) is 10.6 Å². The fourth-order valence-corrected chi connectivity index (χ4v) is 2.85. The summed E-state index contributed by atoms with van der Waals surface area (Å²) < 4.78 is 37.5. The van der Waals surface area contributed by atoms with E-state index in [1.807, 2.05) is 0 Å². The molecule has 0 aliphatic heterocycles. The van der Waals surface area contributed by atoms with Crippen molar-refractivity contribution in [1.82, 2.24) is 4.72 Å². The highest BCUT2D eigenvalue weighted by atomic mass is 32.2. The van der Waals surface area contributed by atoms with Gasteiger partial charge < -0.3 is 15.2 Å². The molecule has 0 unspecified atom stereocenters. The molecule has 0 heterocycles. The third kappa shape index (κ3) is 3.84. The van der Waals surface area contributed by atoms with Crippen LogP contribution in [-0.4, -0.2) is 34.8 Å². The lowest BCUT2D eigenvalue weighted by atomic mass is 10.1. The Morgan fingerprint density at radius 1 is 1.30 bits per heavy atom. The van der Waals surface area contributed by atoms with Crippen molar-refractivity contribution in [3.8, 4) is 5.75 Å². The van der Waals surface area contributed by atoms with E-state index in [2.05, 4.69) is 4.72 Å². The molecule has 1 rings (SSSR count). The third-order valence-electron chi connectivity index (χ3n) is 3.08. The van der Waals surface area contributed by atoms with Gasteiger partial charge in [0.2, 0.25) is 10.0 Å². The van der Waals surface area contributed by atoms with Crippen LogP contribution in [0.15, 0.2) is 17.0 Å². The maximum atomic E-state index is 12.3. The topological polar surface area (TPSA) is 90.7 Å². The van der Waals surface area contributed by atoms with Gasteiger partial charge in [-0.05, 0) is 38.5 Å². The molecule has 114 valence electrons. The Labute approximate surface area is 120 Å². The summed E-state index contributed by atoms with van der Waals surface area (Å²) in [5.74, 6) is 0.263. The van der Waals surface area contributed by atoms with E-state index in [1.165, 1.54) is 20.3 Å². The van der Waals surface area contributed by atoms with Gasteiger partial charge in [0.25, 0.3) is 0 Å². The summed E-state index contributed by atoms with van der Waals surface area (Å²) in [6.07, 6.45) is 0. The van der Waals surface area contributed by atoms with Crippen molar-refractivity contribution in [2.24, 2.45) is 0 Å². The van der Waals surface area contributed by atoms with Crippen LogP contribution in [0.3, 0.4) is 0 Å². The van der Waals surface area contributed by atoms with Gasteiger partial charge in [0.15, 0.2) is 0 Å². The van der Waals surface area contributed by atoms with E-state index < -0.39 is 15.6 Å². The van der Waals surface area contributed by atoms with E-state index in [1.54, 1.807) is 26.8 Å². The molecular weight excluding hydrogens is 280 g/mol. The first kappa shape index (κ1) is 16.7. The molecule has 0 atom stereocenters. The minimum atomic E-state index is -3.72. The smallest absolute Gasteiger partial charge is 0.244 e. The van der Waals surface area contributed by atoms with E-state index in [4.69, 9.17) is 15.2 Å². The predicted octanol–water partition coefficient (Wildman–Crippen LogP) is 1.29. The number of benzene rings is 1. The van der Waals surface area contributed by atoms with E-state index >= 15 is 0 Å². The zero-order valence-corrected chi connectivity index (χ0v) is 13.3. The summed E-state index contributed by atoms with van der Waals surface area (Å²) in [6.45, 7) is 5.50. The second-order valence-electron chi connectivity index (χ2n) is 5.15. The normalized spacial score (nSPS) is 12.4. The molecular formula is C13H22N2O4S. The number of anilines is 1. The summed E-state index contributed by atoms with van der Waals surface area (Å²) >= 11 is 0. The molecule has 20 heavy (non-hydrogen) atoms. The van der Waals surface area contributed by atoms with Gasteiger partial charge in [-0.1, -0.05) is 0 Å². The quantitative estimate of drug-likeness (QED) is 0.773. The van der Waals surface area contributed by atoms with Crippen LogP contribution in [-0.2, 0) is 14.8 Å². The molecule has 0 aliphatic rings. The van der Waals surface area contributed by atoms with Crippen LogP contribution in [0.1, 0.15) is 19.4 Å². The molecule has 0 spiro atoms. The van der Waals surface area contributed by atoms with E-state index in [0.29, 0.717) is 5.69 Å². The number of hydrogen-bond donors (Lipinski definition) is 2. The van der Waals surface area contributed by atoms with Crippen molar-refractivity contribution < 1.29 is 17.9 Å². The first-order valence-electron chi connectivity index (χ1n) is 6.12. The Kier molecular flexibility index (Phi) is 5.01. The zero-order chi connectivity index (χ0) is 15.6. The molecule has 6 nitrogen and oxygen atoms in total. The van der Waals surface area contributed by atoms with Gasteiger partial charge in [-0.25, -0.2) is 13.1 Å². The van der Waals surface area contributed by atoms with Crippen molar-refractivity contribution >= 4 is 15.7 Å². The summed E-state index contributed by atoms with van der Waals surface area (Å²) in [7, 11) is -0.774. The van der Waals surface area contributed by atoms with Gasteiger partial charge in [-0.15, -0.1) is 0 Å². The molecule has 0 aliphatic carbocycles. The van der Waals surface area contributed by atoms with Gasteiger partial charge >= 0.3 is 0 Å². The maximum absolute atomic E-state index is 12.3. The lowest BCUT2D eigenvalue weighted by Crippen LogP contribution is -2.39. The van der Waals surface area contributed by atoms with Crippen LogP contribution in [0, 0.1) is 6.92 Å². The van der Waals surface area contributed by atoms with Gasteiger partial charge in [-0.3, -0.25) is 0 Å². The van der Waals surface area contributed by atoms with Gasteiger partial charge in [0, 0.05) is 19.3 Å². The fourth-order valence-electron chi connectivity index (χ4n) is 1.47. The molecule has 1 aromatic carbocycles. The molecule has 0 bridgehead atoms. The minimum Gasteiger partial charge on any atom is -0.495 e. The van der Waals surface area contributed by atoms with Crippen LogP contribution in [0.2, 0.25) is 0 Å². The number of sulfonamides is 1. The van der Waals surface area contributed by atoms with Crippen LogP contribution in [0.25, 0.3) is 0 Å². The number of hydrogen-bond acceptors (Lipinski definition) is 5. The number of nitrogen functional groups attached to an aromatic ring is 1. The lowest BCUT2D eigenvalue weighted by molar-refractivity contribution is 0.0276. The second kappa shape index (κ2) is 5.99. The van der Waals surface area contributed by atoms with Gasteiger partial charge in [-0.2, -0.15) is 0 Å². The second-order valence-corrected chi connectivity index (χ2v) is 6.88. The first-order chi connectivity index (χ1) is 9.13. The largest absolute Gasteiger partial charge is 0.495 e. The number of methoxy groups -OCH3 is 2.